The van der Waals surface area contributed by atoms with Gasteiger partial charge in [-0.3, -0.25) is 14.7 Å². The Balaban J connectivity index is 1.26. The highest BCUT2D eigenvalue weighted by atomic mass is 16.5. The Bertz CT molecular complexity index is 1270. The Morgan fingerprint density at radius 2 is 1.79 bits per heavy atom. The zero-order valence-electron chi connectivity index (χ0n) is 19.0. The van der Waals surface area contributed by atoms with Crippen LogP contribution in [0.3, 0.4) is 0 Å². The molecule has 8 heteroatoms. The third-order valence-electron chi connectivity index (χ3n) is 7.44. The lowest BCUT2D eigenvalue weighted by molar-refractivity contribution is 0.0748. The van der Waals surface area contributed by atoms with Gasteiger partial charge < -0.3 is 19.6 Å². The van der Waals surface area contributed by atoms with E-state index in [0.717, 1.165) is 68.8 Å². The van der Waals surface area contributed by atoms with E-state index in [4.69, 9.17) is 4.74 Å². The number of rotatable bonds is 4. The minimum absolute atomic E-state index is 0.00630. The van der Waals surface area contributed by atoms with Crippen LogP contribution in [0.5, 0.6) is 5.75 Å². The van der Waals surface area contributed by atoms with Crippen LogP contribution >= 0.6 is 0 Å². The van der Waals surface area contributed by atoms with Crippen molar-refractivity contribution in [3.63, 3.8) is 0 Å². The molecule has 0 bridgehead atoms. The second-order valence-corrected chi connectivity index (χ2v) is 9.55. The smallest absolute Gasteiger partial charge is 0.258 e. The number of aromatic nitrogens is 2. The van der Waals surface area contributed by atoms with Gasteiger partial charge in [0.15, 0.2) is 5.78 Å². The quantitative estimate of drug-likeness (QED) is 0.577. The molecule has 0 atom stereocenters. The Morgan fingerprint density at radius 1 is 1.03 bits per heavy atom. The van der Waals surface area contributed by atoms with Crippen molar-refractivity contribution in [1.29, 1.82) is 0 Å². The van der Waals surface area contributed by atoms with Gasteiger partial charge in [-0.2, -0.15) is 5.10 Å². The highest BCUT2D eigenvalue weighted by Gasteiger charge is 2.30. The first-order valence-electron chi connectivity index (χ1n) is 12.1. The molecule has 3 aromatic rings. The Morgan fingerprint density at radius 3 is 2.59 bits per heavy atom. The van der Waals surface area contributed by atoms with Crippen LogP contribution in [-0.4, -0.2) is 58.2 Å². The fourth-order valence-electron chi connectivity index (χ4n) is 5.51. The summed E-state index contributed by atoms with van der Waals surface area (Å²) in [5.41, 5.74) is 4.53. The largest absolute Gasteiger partial charge is 0.507 e. The van der Waals surface area contributed by atoms with E-state index in [9.17, 15) is 14.7 Å². The summed E-state index contributed by atoms with van der Waals surface area (Å²) in [5.74, 6) is -0.333. The third kappa shape index (κ3) is 3.62. The number of aromatic hydroxyl groups is 1. The number of ether oxygens (including phenoxy) is 1. The number of phenolic OH excluding ortho intramolecular Hbond substituents is 1. The van der Waals surface area contributed by atoms with E-state index in [0.29, 0.717) is 29.7 Å². The number of nitrogens with zero attached hydrogens (tertiary/aromatic N) is 3. The second-order valence-electron chi connectivity index (χ2n) is 9.55. The molecule has 34 heavy (non-hydrogen) atoms. The molecule has 0 unspecified atom stereocenters. The number of hydrogen-bond acceptors (Lipinski definition) is 6. The van der Waals surface area contributed by atoms with E-state index in [1.54, 1.807) is 11.0 Å². The van der Waals surface area contributed by atoms with E-state index in [-0.39, 0.29) is 28.9 Å². The summed E-state index contributed by atoms with van der Waals surface area (Å²) in [6.45, 7) is 4.16. The Labute approximate surface area is 197 Å². The van der Waals surface area contributed by atoms with Crippen LogP contribution in [-0.2, 0) is 17.8 Å². The van der Waals surface area contributed by atoms with Crippen molar-refractivity contribution in [2.45, 2.75) is 38.8 Å². The van der Waals surface area contributed by atoms with Crippen LogP contribution in [0, 0.1) is 5.92 Å². The van der Waals surface area contributed by atoms with Crippen LogP contribution in [0.15, 0.2) is 30.3 Å². The number of benzene rings is 2. The first-order valence-corrected chi connectivity index (χ1v) is 12.1. The van der Waals surface area contributed by atoms with Gasteiger partial charge in [0.05, 0.1) is 24.3 Å². The van der Waals surface area contributed by atoms with Crippen molar-refractivity contribution in [2.75, 3.05) is 31.2 Å². The number of H-pyrrole nitrogens is 1. The molecule has 176 valence electrons. The van der Waals surface area contributed by atoms with Gasteiger partial charge in [-0.25, -0.2) is 0 Å². The molecule has 0 spiro atoms. The molecule has 3 aliphatic rings. The van der Waals surface area contributed by atoms with Gasteiger partial charge in [0.25, 0.3) is 5.91 Å². The SMILES string of the molecule is O=C(c1n[nH]c2cc(O)c(C(=O)N3Cc4ccc(N5CCOCC5)cc4C3)cc12)C1CCCC1. The number of ketones is 1. The second kappa shape index (κ2) is 8.43. The van der Waals surface area contributed by atoms with Crippen LogP contribution in [0.2, 0.25) is 0 Å². The van der Waals surface area contributed by atoms with Crippen molar-refractivity contribution >= 4 is 28.3 Å². The van der Waals surface area contributed by atoms with Gasteiger partial charge in [-0.05, 0) is 42.2 Å². The van der Waals surface area contributed by atoms with Gasteiger partial charge in [0.1, 0.15) is 11.4 Å². The third-order valence-corrected chi connectivity index (χ3v) is 7.44. The standard InChI is InChI=1S/C26H28N4O4/c31-23-13-22-20(24(28-27-22)25(32)16-3-1-2-4-16)12-21(23)26(33)30-14-17-5-6-19(11-18(17)15-30)29-7-9-34-10-8-29/h5-6,11-13,16,31H,1-4,7-10,14-15H2,(H,27,28). The van der Waals surface area contributed by atoms with Crippen LogP contribution in [0.1, 0.15) is 57.7 Å². The molecule has 1 saturated heterocycles. The predicted molar refractivity (Wildman–Crippen MR) is 127 cm³/mol. The number of amides is 1. The Kier molecular flexibility index (Phi) is 5.25. The number of carbonyl (C=O) groups is 2. The maximum atomic E-state index is 13.4. The minimum Gasteiger partial charge on any atom is -0.507 e. The average Bonchev–Trinajstić information content (AvgIpc) is 3.62. The maximum Gasteiger partial charge on any atom is 0.258 e. The molecule has 8 nitrogen and oxygen atoms in total. The summed E-state index contributed by atoms with van der Waals surface area (Å²) in [5, 5.41) is 18.3. The number of fused-ring (bicyclic) bond motifs is 2. The van der Waals surface area contributed by atoms with Gasteiger partial charge in [0.2, 0.25) is 0 Å². The van der Waals surface area contributed by atoms with E-state index in [2.05, 4.69) is 33.3 Å². The summed E-state index contributed by atoms with van der Waals surface area (Å²) in [4.78, 5) is 30.5. The zero-order valence-corrected chi connectivity index (χ0v) is 19.0. The fourth-order valence-corrected chi connectivity index (χ4v) is 5.51. The molecule has 1 amide bonds. The van der Waals surface area contributed by atoms with E-state index in [1.807, 2.05) is 0 Å². The monoisotopic (exact) mass is 460 g/mol. The van der Waals surface area contributed by atoms with Crippen LogP contribution < -0.4 is 4.90 Å². The van der Waals surface area contributed by atoms with Crippen molar-refractivity contribution in [2.24, 2.45) is 5.92 Å². The molecular formula is C26H28N4O4. The summed E-state index contributed by atoms with van der Waals surface area (Å²) in [7, 11) is 0. The predicted octanol–water partition coefficient (Wildman–Crippen LogP) is 3.63. The fraction of sp³-hybridized carbons (Fsp3) is 0.423. The molecule has 2 aromatic carbocycles. The summed E-state index contributed by atoms with van der Waals surface area (Å²) < 4.78 is 5.45. The lowest BCUT2D eigenvalue weighted by Crippen LogP contribution is -2.36. The lowest BCUT2D eigenvalue weighted by Gasteiger charge is -2.29. The number of carbonyl (C=O) groups excluding carboxylic acids is 2. The molecule has 3 heterocycles. The van der Waals surface area contributed by atoms with Gasteiger partial charge in [-0.15, -0.1) is 0 Å². The number of Topliss-reactive ketones (excluding diaryl/α,β-unsaturated/α-hetero) is 1. The summed E-state index contributed by atoms with van der Waals surface area (Å²) in [6.07, 6.45) is 3.89. The first-order chi connectivity index (χ1) is 16.6. The van der Waals surface area contributed by atoms with Gasteiger partial charge >= 0.3 is 0 Å². The molecule has 2 fully saturated rings. The molecule has 1 aliphatic carbocycles. The zero-order chi connectivity index (χ0) is 23.2. The highest BCUT2D eigenvalue weighted by molar-refractivity contribution is 6.10. The molecule has 2 N–H and O–H groups in total. The van der Waals surface area contributed by atoms with Crippen LogP contribution in [0.4, 0.5) is 5.69 Å². The van der Waals surface area contributed by atoms with Gasteiger partial charge in [-0.1, -0.05) is 18.9 Å². The van der Waals surface area contributed by atoms with E-state index in [1.165, 1.54) is 6.07 Å². The minimum atomic E-state index is -0.246. The number of anilines is 1. The highest BCUT2D eigenvalue weighted by Crippen LogP contribution is 2.34. The van der Waals surface area contributed by atoms with Crippen molar-refractivity contribution in [1.82, 2.24) is 15.1 Å². The van der Waals surface area contributed by atoms with Gasteiger partial charge in [0, 0.05) is 49.2 Å². The average molecular weight is 461 g/mol. The summed E-state index contributed by atoms with van der Waals surface area (Å²) >= 11 is 0. The van der Waals surface area contributed by atoms with Crippen molar-refractivity contribution < 1.29 is 19.4 Å². The number of aromatic amines is 1. The first kappa shape index (κ1) is 21.2. The van der Waals surface area contributed by atoms with Crippen LogP contribution in [0.25, 0.3) is 10.9 Å². The molecule has 2 aliphatic heterocycles. The maximum absolute atomic E-state index is 13.4. The molecule has 1 saturated carbocycles. The molecule has 1 aromatic heterocycles. The lowest BCUT2D eigenvalue weighted by atomic mass is 9.97. The van der Waals surface area contributed by atoms with E-state index < -0.39 is 0 Å². The number of nitrogens with one attached hydrogen (secondary N) is 1. The number of phenols is 1. The molecule has 0 radical (unpaired) electrons. The van der Waals surface area contributed by atoms with Crippen molar-refractivity contribution in [3.05, 3.63) is 52.7 Å². The number of hydrogen-bond donors (Lipinski definition) is 2. The van der Waals surface area contributed by atoms with Crippen molar-refractivity contribution in [3.8, 4) is 5.75 Å². The Hall–Kier alpha value is -3.39. The normalized spacial score (nSPS) is 18.6. The topological polar surface area (TPSA) is 98.8 Å². The van der Waals surface area contributed by atoms with E-state index >= 15 is 0 Å². The molecular weight excluding hydrogens is 432 g/mol. The summed E-state index contributed by atoms with van der Waals surface area (Å²) in [6, 6.07) is 9.48. The molecule has 6 rings (SSSR count). The number of morpholine rings is 1.